The summed E-state index contributed by atoms with van der Waals surface area (Å²) in [5, 5.41) is 10.2. The van der Waals surface area contributed by atoms with Gasteiger partial charge >= 0.3 is 0 Å². The molecule has 88 valence electrons. The molecule has 16 heavy (non-hydrogen) atoms. The highest BCUT2D eigenvalue weighted by molar-refractivity contribution is 5.90. The highest BCUT2D eigenvalue weighted by Crippen LogP contribution is 2.45. The molecule has 2 rings (SSSR count). The molecule has 3 nitrogen and oxygen atoms in total. The van der Waals surface area contributed by atoms with Crippen LogP contribution in [0.15, 0.2) is 24.3 Å². The number of hydrogen-bond donors (Lipinski definition) is 1. The average molecular weight is 222 g/mol. The van der Waals surface area contributed by atoms with Gasteiger partial charge in [0.2, 0.25) is 0 Å². The van der Waals surface area contributed by atoms with Gasteiger partial charge in [-0.15, -0.1) is 0 Å². The van der Waals surface area contributed by atoms with Crippen LogP contribution >= 0.6 is 0 Å². The molecule has 1 heterocycles. The maximum Gasteiger partial charge on any atom is 0.167 e. The summed E-state index contributed by atoms with van der Waals surface area (Å²) in [6.07, 6.45) is 10.3. The van der Waals surface area contributed by atoms with Crippen LogP contribution < -0.4 is 0 Å². The second-order valence-corrected chi connectivity index (χ2v) is 4.54. The van der Waals surface area contributed by atoms with Crippen LogP contribution in [0.3, 0.4) is 0 Å². The highest BCUT2D eigenvalue weighted by atomic mass is 16.6. The first-order valence-electron chi connectivity index (χ1n) is 5.84. The molecule has 3 atom stereocenters. The fourth-order valence-corrected chi connectivity index (χ4v) is 2.26. The molecule has 0 amide bonds. The molecule has 2 aliphatic rings. The van der Waals surface area contributed by atoms with E-state index in [0.717, 1.165) is 12.8 Å². The molecule has 0 radical (unpaired) electrons. The van der Waals surface area contributed by atoms with E-state index in [1.165, 1.54) is 0 Å². The van der Waals surface area contributed by atoms with E-state index in [4.69, 9.17) is 4.74 Å². The average Bonchev–Trinajstić information content (AvgIpc) is 2.99. The van der Waals surface area contributed by atoms with E-state index in [1.807, 2.05) is 13.0 Å². The van der Waals surface area contributed by atoms with Crippen LogP contribution in [0.1, 0.15) is 32.6 Å². The largest absolute Gasteiger partial charge is 0.387 e. The lowest BCUT2D eigenvalue weighted by Crippen LogP contribution is -2.32. The summed E-state index contributed by atoms with van der Waals surface area (Å²) in [6, 6.07) is 0. The van der Waals surface area contributed by atoms with Gasteiger partial charge in [0.15, 0.2) is 5.78 Å². The molecule has 0 spiro atoms. The Labute approximate surface area is 95.8 Å². The monoisotopic (exact) mass is 222 g/mol. The van der Waals surface area contributed by atoms with Crippen molar-refractivity contribution in [3.05, 3.63) is 24.3 Å². The van der Waals surface area contributed by atoms with Gasteiger partial charge in [0.05, 0.1) is 0 Å². The molecule has 1 aliphatic carbocycles. The van der Waals surface area contributed by atoms with Gasteiger partial charge in [0.1, 0.15) is 17.8 Å². The number of ketones is 1. The van der Waals surface area contributed by atoms with E-state index in [-0.39, 0.29) is 24.4 Å². The number of aliphatic hydroxyl groups is 1. The van der Waals surface area contributed by atoms with E-state index in [1.54, 1.807) is 0 Å². The topological polar surface area (TPSA) is 49.8 Å². The molecule has 2 fully saturated rings. The van der Waals surface area contributed by atoms with Crippen molar-refractivity contribution >= 4 is 5.78 Å². The summed E-state index contributed by atoms with van der Waals surface area (Å²) >= 11 is 0. The Morgan fingerprint density at radius 3 is 2.88 bits per heavy atom. The summed E-state index contributed by atoms with van der Waals surface area (Å²) in [5.74, 6) is 0.0606. The van der Waals surface area contributed by atoms with Crippen molar-refractivity contribution in [1.29, 1.82) is 0 Å². The normalized spacial score (nSPS) is 37.5. The van der Waals surface area contributed by atoms with Crippen molar-refractivity contribution in [3.8, 4) is 0 Å². The predicted molar refractivity (Wildman–Crippen MR) is 61.0 cm³/mol. The number of carbonyl (C=O) groups is 1. The highest BCUT2D eigenvalue weighted by Gasteiger charge is 2.64. The number of Topliss-reactive ketones (excluding diaryl/α,β-unsaturated/α-hetero) is 1. The van der Waals surface area contributed by atoms with Gasteiger partial charge < -0.3 is 9.84 Å². The summed E-state index contributed by atoms with van der Waals surface area (Å²) in [7, 11) is 0. The van der Waals surface area contributed by atoms with Crippen LogP contribution in [0.4, 0.5) is 0 Å². The summed E-state index contributed by atoms with van der Waals surface area (Å²) < 4.78 is 5.14. The first-order chi connectivity index (χ1) is 7.67. The molecule has 1 saturated carbocycles. The van der Waals surface area contributed by atoms with Crippen LogP contribution in [0.2, 0.25) is 0 Å². The molecular formula is C13H18O3. The van der Waals surface area contributed by atoms with Gasteiger partial charge in [-0.2, -0.15) is 0 Å². The zero-order valence-corrected chi connectivity index (χ0v) is 9.56. The predicted octanol–water partition coefficient (Wildman–Crippen LogP) is 1.76. The van der Waals surface area contributed by atoms with E-state index >= 15 is 0 Å². The number of epoxide rings is 1. The maximum absolute atomic E-state index is 11.3. The number of carbonyl (C=O) groups excluding carboxylic acids is 1. The SMILES string of the molecule is C/C=C/C/C=C/CCC1(O)CC(=O)C2OC21. The molecule has 0 bridgehead atoms. The summed E-state index contributed by atoms with van der Waals surface area (Å²) in [6.45, 7) is 1.99. The second kappa shape index (κ2) is 4.52. The fraction of sp³-hybridized carbons (Fsp3) is 0.615. The van der Waals surface area contributed by atoms with E-state index in [9.17, 15) is 9.90 Å². The molecule has 0 aromatic heterocycles. The third-order valence-electron chi connectivity index (χ3n) is 3.24. The van der Waals surface area contributed by atoms with Gasteiger partial charge in [-0.25, -0.2) is 0 Å². The number of rotatable bonds is 5. The zero-order chi connectivity index (χ0) is 11.6. The standard InChI is InChI=1S/C13H18O3/c1-2-3-4-5-6-7-8-13(15)9-10(14)11-12(13)16-11/h2-3,5-6,11-12,15H,4,7-9H2,1H3/b3-2+,6-5+. The summed E-state index contributed by atoms with van der Waals surface area (Å²) in [5.41, 5.74) is -0.896. The van der Waals surface area contributed by atoms with Crippen LogP contribution in [-0.4, -0.2) is 28.7 Å². The number of allylic oxidation sites excluding steroid dienone is 4. The van der Waals surface area contributed by atoms with Crippen molar-refractivity contribution in [2.24, 2.45) is 0 Å². The number of ether oxygens (including phenoxy) is 1. The van der Waals surface area contributed by atoms with Gasteiger partial charge in [0.25, 0.3) is 0 Å². The van der Waals surface area contributed by atoms with Crippen molar-refractivity contribution in [2.45, 2.75) is 50.4 Å². The van der Waals surface area contributed by atoms with Crippen molar-refractivity contribution in [3.63, 3.8) is 0 Å². The minimum absolute atomic E-state index is 0.0606. The van der Waals surface area contributed by atoms with Crippen molar-refractivity contribution in [1.82, 2.24) is 0 Å². The van der Waals surface area contributed by atoms with Gasteiger partial charge in [0, 0.05) is 6.42 Å². The van der Waals surface area contributed by atoms with Crippen LogP contribution in [0.5, 0.6) is 0 Å². The quantitative estimate of drug-likeness (QED) is 0.569. The third kappa shape index (κ3) is 2.25. The van der Waals surface area contributed by atoms with Gasteiger partial charge in [-0.3, -0.25) is 4.79 Å². The number of fused-ring (bicyclic) bond motifs is 1. The lowest BCUT2D eigenvalue weighted by atomic mass is 9.95. The minimum atomic E-state index is -0.896. The lowest BCUT2D eigenvalue weighted by molar-refractivity contribution is -0.124. The first kappa shape index (κ1) is 11.6. The smallest absolute Gasteiger partial charge is 0.167 e. The Morgan fingerprint density at radius 2 is 2.31 bits per heavy atom. The summed E-state index contributed by atoms with van der Waals surface area (Å²) in [4.78, 5) is 11.3. The number of hydrogen-bond acceptors (Lipinski definition) is 3. The molecule has 0 aromatic carbocycles. The van der Waals surface area contributed by atoms with Crippen LogP contribution in [-0.2, 0) is 9.53 Å². The van der Waals surface area contributed by atoms with E-state index in [2.05, 4.69) is 18.2 Å². The first-order valence-corrected chi connectivity index (χ1v) is 5.84. The Morgan fingerprint density at radius 1 is 1.50 bits per heavy atom. The molecule has 0 aromatic rings. The Balaban J connectivity index is 1.74. The maximum atomic E-state index is 11.3. The van der Waals surface area contributed by atoms with Crippen LogP contribution in [0, 0.1) is 0 Å². The van der Waals surface area contributed by atoms with E-state index in [0.29, 0.717) is 6.42 Å². The van der Waals surface area contributed by atoms with E-state index < -0.39 is 5.60 Å². The van der Waals surface area contributed by atoms with Crippen LogP contribution in [0.25, 0.3) is 0 Å². The molecule has 1 saturated heterocycles. The Hall–Kier alpha value is -0.930. The van der Waals surface area contributed by atoms with Crippen molar-refractivity contribution in [2.75, 3.05) is 0 Å². The van der Waals surface area contributed by atoms with Gasteiger partial charge in [-0.05, 0) is 26.2 Å². The van der Waals surface area contributed by atoms with Gasteiger partial charge in [-0.1, -0.05) is 24.3 Å². The fourth-order valence-electron chi connectivity index (χ4n) is 2.26. The minimum Gasteiger partial charge on any atom is -0.387 e. The molecule has 1 aliphatic heterocycles. The molecule has 3 heteroatoms. The van der Waals surface area contributed by atoms with Crippen molar-refractivity contribution < 1.29 is 14.6 Å². The Kier molecular flexibility index (Phi) is 3.26. The molecule has 3 unspecified atom stereocenters. The molecule has 1 N–H and O–H groups in total. The lowest BCUT2D eigenvalue weighted by Gasteiger charge is -2.21. The Bertz CT molecular complexity index is 332. The molecular weight excluding hydrogens is 204 g/mol. The second-order valence-electron chi connectivity index (χ2n) is 4.54. The third-order valence-corrected chi connectivity index (χ3v) is 3.24. The zero-order valence-electron chi connectivity index (χ0n) is 9.56.